The largest absolute Gasteiger partial charge is 0.480 e. The van der Waals surface area contributed by atoms with E-state index in [1.165, 1.54) is 12.8 Å². The summed E-state index contributed by atoms with van der Waals surface area (Å²) in [7, 11) is 0. The predicted octanol–water partition coefficient (Wildman–Crippen LogP) is 2.06. The quantitative estimate of drug-likeness (QED) is 0.605. The van der Waals surface area contributed by atoms with Crippen LogP contribution in [0.25, 0.3) is 0 Å². The summed E-state index contributed by atoms with van der Waals surface area (Å²) in [5.74, 6) is -0.203. The molecule has 0 radical (unpaired) electrons. The molecule has 3 heteroatoms. The van der Waals surface area contributed by atoms with Crippen molar-refractivity contribution in [2.24, 2.45) is 5.92 Å². The van der Waals surface area contributed by atoms with Gasteiger partial charge in [0.25, 0.3) is 0 Å². The van der Waals surface area contributed by atoms with Gasteiger partial charge >= 0.3 is 5.97 Å². The van der Waals surface area contributed by atoms with Crippen molar-refractivity contribution >= 4 is 28.6 Å². The zero-order valence-electron chi connectivity index (χ0n) is 5.72. The molecule has 58 valence electrons. The van der Waals surface area contributed by atoms with E-state index in [4.69, 9.17) is 5.11 Å². The van der Waals surface area contributed by atoms with Gasteiger partial charge < -0.3 is 5.11 Å². The Labute approximate surface area is 74.1 Å². The highest BCUT2D eigenvalue weighted by Gasteiger charge is 2.27. The maximum atomic E-state index is 10.5. The molecule has 1 aliphatic rings. The molecular formula is C7H11IO2. The SMILES string of the molecule is O=C(O)C(I)C1CCCC1. The number of hydrogen-bond acceptors (Lipinski definition) is 1. The molecule has 0 heterocycles. The fraction of sp³-hybridized carbons (Fsp3) is 0.857. The maximum Gasteiger partial charge on any atom is 0.316 e. The molecule has 0 bridgehead atoms. The zero-order chi connectivity index (χ0) is 7.56. The van der Waals surface area contributed by atoms with Crippen LogP contribution in [0.1, 0.15) is 25.7 Å². The van der Waals surface area contributed by atoms with Gasteiger partial charge in [0.15, 0.2) is 0 Å². The average Bonchev–Trinajstić information content (AvgIpc) is 2.36. The lowest BCUT2D eigenvalue weighted by atomic mass is 10.1. The summed E-state index contributed by atoms with van der Waals surface area (Å²) in [5.41, 5.74) is 0. The summed E-state index contributed by atoms with van der Waals surface area (Å²) >= 11 is 2.03. The average molecular weight is 254 g/mol. The predicted molar refractivity (Wildman–Crippen MR) is 47.4 cm³/mol. The van der Waals surface area contributed by atoms with E-state index >= 15 is 0 Å². The second-order valence-electron chi connectivity index (χ2n) is 2.78. The molecule has 1 atom stereocenters. The van der Waals surface area contributed by atoms with Gasteiger partial charge in [0.1, 0.15) is 3.92 Å². The van der Waals surface area contributed by atoms with Crippen LogP contribution in [-0.4, -0.2) is 15.0 Å². The monoisotopic (exact) mass is 254 g/mol. The summed E-state index contributed by atoms with van der Waals surface area (Å²) in [4.78, 5) is 10.5. The lowest BCUT2D eigenvalue weighted by Gasteiger charge is -2.10. The first-order chi connectivity index (χ1) is 4.72. The Hall–Kier alpha value is 0.200. The molecule has 0 spiro atoms. The van der Waals surface area contributed by atoms with Crippen molar-refractivity contribution < 1.29 is 9.90 Å². The Kier molecular flexibility index (Phi) is 2.95. The van der Waals surface area contributed by atoms with Gasteiger partial charge in [-0.1, -0.05) is 35.4 Å². The summed E-state index contributed by atoms with van der Waals surface area (Å²) in [6.45, 7) is 0. The van der Waals surface area contributed by atoms with E-state index in [9.17, 15) is 4.79 Å². The summed E-state index contributed by atoms with van der Waals surface area (Å²) in [6, 6.07) is 0. The first-order valence-corrected chi connectivity index (χ1v) is 4.83. The highest BCUT2D eigenvalue weighted by Crippen LogP contribution is 2.31. The van der Waals surface area contributed by atoms with Crippen LogP contribution in [0.3, 0.4) is 0 Å². The Morgan fingerprint density at radius 1 is 1.50 bits per heavy atom. The summed E-state index contributed by atoms with van der Waals surface area (Å²) in [6.07, 6.45) is 4.66. The van der Waals surface area contributed by atoms with Crippen molar-refractivity contribution in [2.45, 2.75) is 29.6 Å². The minimum atomic E-state index is -0.646. The van der Waals surface area contributed by atoms with Gasteiger partial charge in [-0.05, 0) is 18.8 Å². The van der Waals surface area contributed by atoms with E-state index in [-0.39, 0.29) is 3.92 Å². The molecular weight excluding hydrogens is 243 g/mol. The van der Waals surface area contributed by atoms with Crippen LogP contribution in [0, 0.1) is 5.92 Å². The molecule has 0 aromatic carbocycles. The molecule has 1 aliphatic carbocycles. The fourth-order valence-corrected chi connectivity index (χ4v) is 2.17. The second-order valence-corrected chi connectivity index (χ2v) is 4.13. The Balaban J connectivity index is 2.39. The van der Waals surface area contributed by atoms with E-state index < -0.39 is 5.97 Å². The minimum Gasteiger partial charge on any atom is -0.480 e. The van der Waals surface area contributed by atoms with Crippen molar-refractivity contribution in [1.29, 1.82) is 0 Å². The van der Waals surface area contributed by atoms with Crippen molar-refractivity contribution in [3.63, 3.8) is 0 Å². The minimum absolute atomic E-state index is 0.153. The third kappa shape index (κ3) is 1.84. The van der Waals surface area contributed by atoms with Crippen LogP contribution < -0.4 is 0 Å². The molecule has 0 aromatic rings. The van der Waals surface area contributed by atoms with Gasteiger partial charge in [-0.15, -0.1) is 0 Å². The Bertz CT molecular complexity index is 130. The number of carbonyl (C=O) groups is 1. The smallest absolute Gasteiger partial charge is 0.316 e. The molecule has 1 unspecified atom stereocenters. The van der Waals surface area contributed by atoms with Crippen molar-refractivity contribution in [2.75, 3.05) is 0 Å². The van der Waals surface area contributed by atoms with E-state index in [0.717, 1.165) is 12.8 Å². The molecule has 0 saturated heterocycles. The molecule has 0 aromatic heterocycles. The van der Waals surface area contributed by atoms with Crippen molar-refractivity contribution in [1.82, 2.24) is 0 Å². The summed E-state index contributed by atoms with van der Waals surface area (Å²) < 4.78 is -0.153. The third-order valence-corrected chi connectivity index (χ3v) is 3.60. The van der Waals surface area contributed by atoms with Gasteiger partial charge in [-0.25, -0.2) is 0 Å². The van der Waals surface area contributed by atoms with Gasteiger partial charge in [0.05, 0.1) is 0 Å². The topological polar surface area (TPSA) is 37.3 Å². The third-order valence-electron chi connectivity index (χ3n) is 2.05. The van der Waals surface area contributed by atoms with Crippen LogP contribution in [0.15, 0.2) is 0 Å². The summed E-state index contributed by atoms with van der Waals surface area (Å²) in [5, 5.41) is 8.63. The number of hydrogen-bond donors (Lipinski definition) is 1. The number of alkyl halides is 1. The molecule has 0 amide bonds. The number of halogens is 1. The van der Waals surface area contributed by atoms with Gasteiger partial charge in [-0.2, -0.15) is 0 Å². The van der Waals surface area contributed by atoms with Gasteiger partial charge in [0, 0.05) is 0 Å². The maximum absolute atomic E-state index is 10.5. The van der Waals surface area contributed by atoms with Crippen LogP contribution in [0.2, 0.25) is 0 Å². The molecule has 1 rings (SSSR count). The lowest BCUT2D eigenvalue weighted by molar-refractivity contribution is -0.136. The zero-order valence-corrected chi connectivity index (χ0v) is 7.87. The highest BCUT2D eigenvalue weighted by atomic mass is 127. The standard InChI is InChI=1S/C7H11IO2/c8-6(7(9)10)5-3-1-2-4-5/h5-6H,1-4H2,(H,9,10). The van der Waals surface area contributed by atoms with E-state index in [1.807, 2.05) is 22.6 Å². The number of carboxylic acids is 1. The van der Waals surface area contributed by atoms with Crippen LogP contribution in [-0.2, 0) is 4.79 Å². The van der Waals surface area contributed by atoms with E-state index in [2.05, 4.69) is 0 Å². The normalized spacial score (nSPS) is 22.9. The highest BCUT2D eigenvalue weighted by molar-refractivity contribution is 14.1. The van der Waals surface area contributed by atoms with Crippen molar-refractivity contribution in [3.8, 4) is 0 Å². The number of rotatable bonds is 2. The van der Waals surface area contributed by atoms with Crippen LogP contribution in [0.4, 0.5) is 0 Å². The lowest BCUT2D eigenvalue weighted by Crippen LogP contribution is -2.20. The van der Waals surface area contributed by atoms with Crippen LogP contribution >= 0.6 is 22.6 Å². The Morgan fingerprint density at radius 2 is 2.00 bits per heavy atom. The molecule has 2 nitrogen and oxygen atoms in total. The van der Waals surface area contributed by atoms with Gasteiger partial charge in [-0.3, -0.25) is 4.79 Å². The number of aliphatic carboxylic acids is 1. The molecule has 1 saturated carbocycles. The molecule has 1 fully saturated rings. The van der Waals surface area contributed by atoms with E-state index in [1.54, 1.807) is 0 Å². The number of carboxylic acid groups (broad SMARTS) is 1. The Morgan fingerprint density at radius 3 is 2.40 bits per heavy atom. The van der Waals surface area contributed by atoms with Crippen molar-refractivity contribution in [3.05, 3.63) is 0 Å². The molecule has 0 aliphatic heterocycles. The van der Waals surface area contributed by atoms with Gasteiger partial charge in [0.2, 0.25) is 0 Å². The van der Waals surface area contributed by atoms with Crippen LogP contribution in [0.5, 0.6) is 0 Å². The molecule has 1 N–H and O–H groups in total. The first-order valence-electron chi connectivity index (χ1n) is 3.58. The first kappa shape index (κ1) is 8.30. The second kappa shape index (κ2) is 3.55. The fourth-order valence-electron chi connectivity index (χ4n) is 1.45. The van der Waals surface area contributed by atoms with E-state index in [0.29, 0.717) is 5.92 Å². The molecule has 10 heavy (non-hydrogen) atoms.